The van der Waals surface area contributed by atoms with Gasteiger partial charge in [-0.05, 0) is 54.1 Å². The molecule has 0 spiro atoms. The number of benzene rings is 3. The quantitative estimate of drug-likeness (QED) is 0.319. The largest absolute Gasteiger partial charge is 0.494 e. The van der Waals surface area contributed by atoms with E-state index in [1.165, 1.54) is 11.3 Å². The molecule has 1 amide bonds. The molecule has 5 nitrogen and oxygen atoms in total. The molecular weight excluding hydrogens is 408 g/mol. The van der Waals surface area contributed by atoms with Crippen molar-refractivity contribution in [2.45, 2.75) is 13.5 Å². The lowest BCUT2D eigenvalue weighted by molar-refractivity contribution is 0.0985. The van der Waals surface area contributed by atoms with Gasteiger partial charge >= 0.3 is 0 Å². The number of carbonyl (C=O) groups excluding carboxylic acids is 1. The van der Waals surface area contributed by atoms with Crippen LogP contribution >= 0.6 is 11.3 Å². The Balaban J connectivity index is 1.60. The monoisotopic (exact) mass is 428 g/mol. The number of amides is 1. The Morgan fingerprint density at radius 2 is 1.94 bits per heavy atom. The summed E-state index contributed by atoms with van der Waals surface area (Å²) in [5.74, 6) is 1.38. The molecule has 154 valence electrons. The Morgan fingerprint density at radius 3 is 2.77 bits per heavy atom. The molecule has 0 radical (unpaired) electrons. The Labute approximate surface area is 183 Å². The predicted octanol–water partition coefficient (Wildman–Crippen LogP) is 6.29. The molecule has 0 unspecified atom stereocenters. The van der Waals surface area contributed by atoms with Gasteiger partial charge in [-0.2, -0.15) is 0 Å². The first-order valence-corrected chi connectivity index (χ1v) is 10.9. The minimum Gasteiger partial charge on any atom is -0.494 e. The van der Waals surface area contributed by atoms with Crippen LogP contribution in [0.4, 0.5) is 5.13 Å². The highest BCUT2D eigenvalue weighted by molar-refractivity contribution is 7.22. The predicted molar refractivity (Wildman–Crippen MR) is 124 cm³/mol. The van der Waals surface area contributed by atoms with E-state index < -0.39 is 0 Å². The second-order valence-corrected chi connectivity index (χ2v) is 8.07. The zero-order valence-electron chi connectivity index (χ0n) is 16.9. The van der Waals surface area contributed by atoms with E-state index in [1.54, 1.807) is 11.2 Å². The summed E-state index contributed by atoms with van der Waals surface area (Å²) in [7, 11) is 0. The molecule has 3 aromatic carbocycles. The minimum atomic E-state index is -0.114. The third-order valence-electron chi connectivity index (χ3n) is 5.05. The number of aromatic nitrogens is 1. The number of nitrogens with zero attached hydrogens (tertiary/aromatic N) is 2. The topological polar surface area (TPSA) is 55.6 Å². The molecule has 0 saturated heterocycles. The van der Waals surface area contributed by atoms with Crippen molar-refractivity contribution >= 4 is 43.4 Å². The first kappa shape index (κ1) is 19.3. The molecule has 5 aromatic rings. The van der Waals surface area contributed by atoms with Crippen LogP contribution in [0, 0.1) is 0 Å². The van der Waals surface area contributed by atoms with E-state index >= 15 is 0 Å². The number of hydrogen-bond acceptors (Lipinski definition) is 5. The average Bonchev–Trinajstić information content (AvgIpc) is 3.46. The molecule has 0 atom stereocenters. The summed E-state index contributed by atoms with van der Waals surface area (Å²) in [6, 6.07) is 23.2. The normalized spacial score (nSPS) is 11.1. The first-order valence-electron chi connectivity index (χ1n) is 10.1. The molecular formula is C25H20N2O3S. The molecule has 0 aliphatic carbocycles. The van der Waals surface area contributed by atoms with Crippen LogP contribution in [-0.2, 0) is 6.54 Å². The lowest BCUT2D eigenvalue weighted by Gasteiger charge is -2.19. The van der Waals surface area contributed by atoms with Gasteiger partial charge in [0.25, 0.3) is 5.91 Å². The van der Waals surface area contributed by atoms with Crippen LogP contribution in [0.2, 0.25) is 0 Å². The van der Waals surface area contributed by atoms with E-state index in [-0.39, 0.29) is 5.91 Å². The third kappa shape index (κ3) is 3.78. The van der Waals surface area contributed by atoms with Crippen molar-refractivity contribution in [3.63, 3.8) is 0 Å². The Bertz CT molecular complexity index is 1350. The number of carbonyl (C=O) groups is 1. The maximum atomic E-state index is 13.8. The van der Waals surface area contributed by atoms with Crippen molar-refractivity contribution in [3.05, 3.63) is 90.4 Å². The van der Waals surface area contributed by atoms with E-state index in [1.807, 2.05) is 79.7 Å². The van der Waals surface area contributed by atoms with E-state index in [0.717, 1.165) is 26.7 Å². The van der Waals surface area contributed by atoms with Gasteiger partial charge in [-0.15, -0.1) is 0 Å². The molecule has 0 aliphatic heterocycles. The Morgan fingerprint density at radius 1 is 1.06 bits per heavy atom. The summed E-state index contributed by atoms with van der Waals surface area (Å²) in [5.41, 5.74) is 1.47. The fourth-order valence-corrected chi connectivity index (χ4v) is 4.60. The van der Waals surface area contributed by atoms with Gasteiger partial charge in [-0.25, -0.2) is 4.98 Å². The Kier molecular flexibility index (Phi) is 5.14. The second-order valence-electron chi connectivity index (χ2n) is 7.06. The molecule has 0 bridgehead atoms. The van der Waals surface area contributed by atoms with E-state index in [4.69, 9.17) is 14.1 Å². The van der Waals surface area contributed by atoms with Crippen molar-refractivity contribution in [1.29, 1.82) is 0 Å². The number of thiazole rings is 1. The van der Waals surface area contributed by atoms with Gasteiger partial charge in [0.15, 0.2) is 5.13 Å². The van der Waals surface area contributed by atoms with Crippen LogP contribution < -0.4 is 9.64 Å². The zero-order chi connectivity index (χ0) is 21.2. The van der Waals surface area contributed by atoms with Crippen LogP contribution in [0.5, 0.6) is 5.75 Å². The fraction of sp³-hybridized carbons (Fsp3) is 0.120. The maximum absolute atomic E-state index is 13.8. The van der Waals surface area contributed by atoms with Crippen LogP contribution in [0.1, 0.15) is 23.0 Å². The number of hydrogen-bond donors (Lipinski definition) is 0. The van der Waals surface area contributed by atoms with Gasteiger partial charge in [0.1, 0.15) is 11.5 Å². The minimum absolute atomic E-state index is 0.114. The standard InChI is InChI=1S/C25H20N2O3S/c1-2-29-18-12-13-22-23(15-18)31-25(26-22)27(16-19-9-6-14-30-19)24(28)21-11-5-8-17-7-3-4-10-20(17)21/h3-15H,2,16H2,1H3. The number of fused-ring (bicyclic) bond motifs is 2. The number of furan rings is 1. The van der Waals surface area contributed by atoms with Gasteiger partial charge in [0.05, 0.1) is 29.6 Å². The van der Waals surface area contributed by atoms with E-state index in [2.05, 4.69) is 0 Å². The van der Waals surface area contributed by atoms with Gasteiger partial charge in [-0.1, -0.05) is 47.7 Å². The molecule has 0 aliphatic rings. The summed E-state index contributed by atoms with van der Waals surface area (Å²) in [5, 5.41) is 2.56. The van der Waals surface area contributed by atoms with Gasteiger partial charge in [-0.3, -0.25) is 9.69 Å². The van der Waals surface area contributed by atoms with Crippen molar-refractivity contribution in [3.8, 4) is 5.75 Å². The average molecular weight is 429 g/mol. The number of ether oxygens (including phenoxy) is 1. The first-order chi connectivity index (χ1) is 15.2. The van der Waals surface area contributed by atoms with Crippen LogP contribution in [0.3, 0.4) is 0 Å². The molecule has 2 heterocycles. The van der Waals surface area contributed by atoms with Gasteiger partial charge < -0.3 is 9.15 Å². The highest BCUT2D eigenvalue weighted by Gasteiger charge is 2.24. The van der Waals surface area contributed by atoms with Crippen LogP contribution in [0.15, 0.2) is 83.5 Å². The van der Waals surface area contributed by atoms with E-state index in [9.17, 15) is 4.79 Å². The lowest BCUT2D eigenvalue weighted by atomic mass is 10.0. The smallest absolute Gasteiger partial charge is 0.261 e. The molecule has 6 heteroatoms. The van der Waals surface area contributed by atoms with Crippen molar-refractivity contribution in [2.24, 2.45) is 0 Å². The third-order valence-corrected chi connectivity index (χ3v) is 6.09. The van der Waals surface area contributed by atoms with Crippen LogP contribution in [0.25, 0.3) is 21.0 Å². The van der Waals surface area contributed by atoms with Gasteiger partial charge in [0, 0.05) is 5.56 Å². The highest BCUT2D eigenvalue weighted by Crippen LogP contribution is 2.34. The molecule has 0 fully saturated rings. The summed E-state index contributed by atoms with van der Waals surface area (Å²) >= 11 is 1.47. The summed E-state index contributed by atoms with van der Waals surface area (Å²) in [6.45, 7) is 2.85. The van der Waals surface area contributed by atoms with E-state index in [0.29, 0.717) is 29.6 Å². The molecule has 0 saturated carbocycles. The second kappa shape index (κ2) is 8.24. The highest BCUT2D eigenvalue weighted by atomic mass is 32.1. The van der Waals surface area contributed by atoms with Crippen molar-refractivity contribution < 1.29 is 13.9 Å². The summed E-state index contributed by atoms with van der Waals surface area (Å²) in [6.07, 6.45) is 1.61. The molecule has 2 aromatic heterocycles. The SMILES string of the molecule is CCOc1ccc2nc(N(Cc3ccco3)C(=O)c3cccc4ccccc34)sc2c1. The zero-order valence-corrected chi connectivity index (χ0v) is 17.8. The van der Waals surface area contributed by atoms with Gasteiger partial charge in [0.2, 0.25) is 0 Å². The van der Waals surface area contributed by atoms with Crippen molar-refractivity contribution in [2.75, 3.05) is 11.5 Å². The Hall–Kier alpha value is -3.64. The number of anilines is 1. The molecule has 31 heavy (non-hydrogen) atoms. The molecule has 0 N–H and O–H groups in total. The maximum Gasteiger partial charge on any atom is 0.261 e. The van der Waals surface area contributed by atoms with Crippen molar-refractivity contribution in [1.82, 2.24) is 4.98 Å². The number of rotatable bonds is 6. The summed E-state index contributed by atoms with van der Waals surface area (Å²) < 4.78 is 12.1. The summed E-state index contributed by atoms with van der Waals surface area (Å²) in [4.78, 5) is 20.2. The lowest BCUT2D eigenvalue weighted by Crippen LogP contribution is -2.30. The fourth-order valence-electron chi connectivity index (χ4n) is 3.61. The van der Waals surface area contributed by atoms with Crippen LogP contribution in [-0.4, -0.2) is 17.5 Å². The molecule has 5 rings (SSSR count).